The zero-order valence-corrected chi connectivity index (χ0v) is 12.9. The molecule has 0 amide bonds. The van der Waals surface area contributed by atoms with Gasteiger partial charge >= 0.3 is 0 Å². The van der Waals surface area contributed by atoms with E-state index in [2.05, 4.69) is 67.0 Å². The van der Waals surface area contributed by atoms with Gasteiger partial charge < -0.3 is 0 Å². The first-order valence-electron chi connectivity index (χ1n) is 5.68. The van der Waals surface area contributed by atoms with Gasteiger partial charge in [0, 0.05) is 10.7 Å². The van der Waals surface area contributed by atoms with Crippen molar-refractivity contribution in [3.05, 3.63) is 35.2 Å². The molecule has 0 radical (unpaired) electrons. The molecule has 1 aromatic carbocycles. The van der Waals surface area contributed by atoms with Gasteiger partial charge in [0.15, 0.2) is 0 Å². The van der Waals surface area contributed by atoms with Crippen LogP contribution in [0.4, 0.5) is 0 Å². The molecule has 2 aromatic rings. The number of nitrogens with zero attached hydrogens (tertiary/aromatic N) is 2. The fourth-order valence-electron chi connectivity index (χ4n) is 1.83. The van der Waals surface area contributed by atoms with Gasteiger partial charge in [-0.15, -0.1) is 0 Å². The molecule has 0 N–H and O–H groups in total. The molecule has 0 saturated heterocycles. The third-order valence-electron chi connectivity index (χ3n) is 2.68. The molecule has 0 fully saturated rings. The second-order valence-electron chi connectivity index (χ2n) is 3.96. The lowest BCUT2D eigenvalue weighted by atomic mass is 10.1. The largest absolute Gasteiger partial charge is 0.248 e. The Hall–Kier alpha value is -0.480. The van der Waals surface area contributed by atoms with Crippen molar-refractivity contribution >= 4 is 42.9 Å². The number of aromatic nitrogens is 2. The van der Waals surface area contributed by atoms with E-state index in [-0.39, 0.29) is 0 Å². The Morgan fingerprint density at radius 3 is 2.24 bits per heavy atom. The normalized spacial score (nSPS) is 11.0. The lowest BCUT2D eigenvalue weighted by Gasteiger charge is -2.06. The summed E-state index contributed by atoms with van der Waals surface area (Å²) in [6, 6.07) is 6.36. The van der Waals surface area contributed by atoms with Crippen molar-refractivity contribution in [2.24, 2.45) is 0 Å². The van der Waals surface area contributed by atoms with Gasteiger partial charge in [-0.1, -0.05) is 51.3 Å². The average molecular weight is 358 g/mol. The van der Waals surface area contributed by atoms with Gasteiger partial charge in [-0.2, -0.15) is 0 Å². The maximum Gasteiger partial charge on any atom is 0.0893 e. The van der Waals surface area contributed by atoms with E-state index in [1.54, 1.807) is 0 Å². The maximum atomic E-state index is 4.67. The van der Waals surface area contributed by atoms with E-state index in [9.17, 15) is 0 Å². The number of rotatable bonds is 4. The predicted octanol–water partition coefficient (Wildman–Crippen LogP) is 4.37. The minimum Gasteiger partial charge on any atom is -0.248 e. The SMILES string of the molecule is CCCc1ccc2nc(CBr)c(CBr)nc2c1. The highest BCUT2D eigenvalue weighted by Crippen LogP contribution is 2.19. The first-order valence-corrected chi connectivity index (χ1v) is 7.93. The van der Waals surface area contributed by atoms with Crippen LogP contribution in [0.1, 0.15) is 30.3 Å². The highest BCUT2D eigenvalue weighted by atomic mass is 79.9. The van der Waals surface area contributed by atoms with Gasteiger partial charge in [0.05, 0.1) is 22.4 Å². The summed E-state index contributed by atoms with van der Waals surface area (Å²) in [7, 11) is 0. The van der Waals surface area contributed by atoms with E-state index < -0.39 is 0 Å². The minimum absolute atomic E-state index is 0.744. The highest BCUT2D eigenvalue weighted by molar-refractivity contribution is 9.09. The number of fused-ring (bicyclic) bond motifs is 1. The van der Waals surface area contributed by atoms with E-state index in [0.717, 1.165) is 45.9 Å². The fourth-order valence-corrected chi connectivity index (χ4v) is 2.73. The summed E-state index contributed by atoms with van der Waals surface area (Å²) in [5, 5.41) is 1.49. The summed E-state index contributed by atoms with van der Waals surface area (Å²) < 4.78 is 0. The number of alkyl halides is 2. The molecule has 2 nitrogen and oxygen atoms in total. The zero-order chi connectivity index (χ0) is 12.3. The molecule has 1 aromatic heterocycles. The van der Waals surface area contributed by atoms with Crippen LogP contribution in [0.2, 0.25) is 0 Å². The molecule has 0 unspecified atom stereocenters. The number of hydrogen-bond donors (Lipinski definition) is 0. The molecule has 0 aliphatic heterocycles. The van der Waals surface area contributed by atoms with E-state index >= 15 is 0 Å². The molecule has 17 heavy (non-hydrogen) atoms. The molecule has 2 rings (SSSR count). The molecular weight excluding hydrogens is 344 g/mol. The smallest absolute Gasteiger partial charge is 0.0893 e. The van der Waals surface area contributed by atoms with Crippen LogP contribution >= 0.6 is 31.9 Å². The van der Waals surface area contributed by atoms with E-state index in [1.165, 1.54) is 5.56 Å². The van der Waals surface area contributed by atoms with Gasteiger partial charge in [0.2, 0.25) is 0 Å². The lowest BCUT2D eigenvalue weighted by Crippen LogP contribution is -1.99. The van der Waals surface area contributed by atoms with Crippen molar-refractivity contribution < 1.29 is 0 Å². The maximum absolute atomic E-state index is 4.67. The summed E-state index contributed by atoms with van der Waals surface area (Å²) >= 11 is 6.91. The van der Waals surface area contributed by atoms with Crippen molar-refractivity contribution in [1.29, 1.82) is 0 Å². The average Bonchev–Trinajstić information content (AvgIpc) is 2.37. The monoisotopic (exact) mass is 356 g/mol. The molecule has 0 aliphatic rings. The summed E-state index contributed by atoms with van der Waals surface area (Å²) in [5.74, 6) is 0. The molecule has 0 atom stereocenters. The second-order valence-corrected chi connectivity index (χ2v) is 5.08. The molecule has 0 bridgehead atoms. The van der Waals surface area contributed by atoms with Gasteiger partial charge in [-0.3, -0.25) is 0 Å². The third kappa shape index (κ3) is 2.86. The first-order chi connectivity index (χ1) is 8.28. The third-order valence-corrected chi connectivity index (χ3v) is 3.74. The minimum atomic E-state index is 0.744. The Labute approximate surface area is 118 Å². The van der Waals surface area contributed by atoms with Crippen molar-refractivity contribution in [2.45, 2.75) is 30.4 Å². The van der Waals surface area contributed by atoms with Crippen molar-refractivity contribution in [3.8, 4) is 0 Å². The van der Waals surface area contributed by atoms with Gasteiger partial charge in [0.25, 0.3) is 0 Å². The summed E-state index contributed by atoms with van der Waals surface area (Å²) in [6.45, 7) is 2.19. The van der Waals surface area contributed by atoms with Crippen molar-refractivity contribution in [1.82, 2.24) is 9.97 Å². The topological polar surface area (TPSA) is 25.8 Å². The Balaban J connectivity index is 2.54. The van der Waals surface area contributed by atoms with Crippen molar-refractivity contribution in [3.63, 3.8) is 0 Å². The highest BCUT2D eigenvalue weighted by Gasteiger charge is 2.07. The van der Waals surface area contributed by atoms with Crippen LogP contribution in [-0.2, 0) is 17.1 Å². The number of hydrogen-bond acceptors (Lipinski definition) is 2. The van der Waals surface area contributed by atoms with Crippen LogP contribution in [0, 0.1) is 0 Å². The Morgan fingerprint density at radius 1 is 1.00 bits per heavy atom. The van der Waals surface area contributed by atoms with Gasteiger partial charge in [0.1, 0.15) is 0 Å². The molecule has 4 heteroatoms. The number of benzene rings is 1. The van der Waals surface area contributed by atoms with Crippen LogP contribution in [0.25, 0.3) is 11.0 Å². The number of aryl methyl sites for hydroxylation is 1. The summed E-state index contributed by atoms with van der Waals surface area (Å²) in [4.78, 5) is 9.29. The van der Waals surface area contributed by atoms with Crippen LogP contribution in [0.5, 0.6) is 0 Å². The Bertz CT molecular complexity index is 526. The number of halogens is 2. The summed E-state index contributed by atoms with van der Waals surface area (Å²) in [5.41, 5.74) is 5.33. The molecule has 0 spiro atoms. The molecule has 1 heterocycles. The molecule has 0 saturated carbocycles. The predicted molar refractivity (Wildman–Crippen MR) is 78.8 cm³/mol. The molecular formula is C13H14Br2N2. The first kappa shape index (κ1) is 13.0. The molecule has 0 aliphatic carbocycles. The van der Waals surface area contributed by atoms with E-state index in [1.807, 2.05) is 0 Å². The molecule has 90 valence electrons. The van der Waals surface area contributed by atoms with E-state index in [0.29, 0.717) is 0 Å². The van der Waals surface area contributed by atoms with E-state index in [4.69, 9.17) is 0 Å². The van der Waals surface area contributed by atoms with Crippen LogP contribution in [-0.4, -0.2) is 9.97 Å². The zero-order valence-electron chi connectivity index (χ0n) is 9.71. The van der Waals surface area contributed by atoms with Gasteiger partial charge in [-0.05, 0) is 24.1 Å². The van der Waals surface area contributed by atoms with Crippen LogP contribution < -0.4 is 0 Å². The van der Waals surface area contributed by atoms with Crippen LogP contribution in [0.3, 0.4) is 0 Å². The summed E-state index contributed by atoms with van der Waals surface area (Å²) in [6.07, 6.45) is 2.26. The Morgan fingerprint density at radius 2 is 1.65 bits per heavy atom. The Kier molecular flexibility index (Phi) is 4.51. The lowest BCUT2D eigenvalue weighted by molar-refractivity contribution is 0.922. The van der Waals surface area contributed by atoms with Crippen molar-refractivity contribution in [2.75, 3.05) is 0 Å². The van der Waals surface area contributed by atoms with Crippen LogP contribution in [0.15, 0.2) is 18.2 Å². The van der Waals surface area contributed by atoms with Gasteiger partial charge in [-0.25, -0.2) is 9.97 Å². The quantitative estimate of drug-likeness (QED) is 0.759. The fraction of sp³-hybridized carbons (Fsp3) is 0.385. The second kappa shape index (κ2) is 5.91. The standard InChI is InChI=1S/C13H14Br2N2/c1-2-3-9-4-5-10-11(6-9)17-13(8-15)12(7-14)16-10/h4-6H,2-3,7-8H2,1H3.